The van der Waals surface area contributed by atoms with Crippen molar-refractivity contribution in [3.8, 4) is 5.75 Å². The zero-order valence-corrected chi connectivity index (χ0v) is 22.6. The minimum Gasteiger partial charge on any atom is -0.497 e. The van der Waals surface area contributed by atoms with Crippen LogP contribution in [0.1, 0.15) is 55.9 Å². The van der Waals surface area contributed by atoms with E-state index in [1.54, 1.807) is 12.0 Å². The number of nitrogens with zero attached hydrogens (tertiary/aromatic N) is 1. The van der Waals surface area contributed by atoms with Crippen LogP contribution in [0.4, 0.5) is 0 Å². The summed E-state index contributed by atoms with van der Waals surface area (Å²) in [5, 5.41) is 3.12. The van der Waals surface area contributed by atoms with Crippen molar-refractivity contribution in [2.75, 3.05) is 7.11 Å². The monoisotopic (exact) mass is 500 g/mol. The van der Waals surface area contributed by atoms with E-state index < -0.39 is 6.04 Å². The van der Waals surface area contributed by atoms with Crippen LogP contribution in [0.25, 0.3) is 0 Å². The Balaban J connectivity index is 1.91. The quantitative estimate of drug-likeness (QED) is 0.325. The number of carbonyl (C=O) groups excluding carboxylic acids is 2. The van der Waals surface area contributed by atoms with Gasteiger partial charge in [-0.2, -0.15) is 0 Å². The van der Waals surface area contributed by atoms with E-state index in [0.717, 1.165) is 35.3 Å². The minimum atomic E-state index is -0.627. The Bertz CT molecular complexity index is 1130. The number of nitrogens with one attached hydrogen (secondary N) is 1. The number of hydrogen-bond donors (Lipinski definition) is 1. The fourth-order valence-electron chi connectivity index (χ4n) is 4.30. The molecule has 1 N–H and O–H groups in total. The summed E-state index contributed by atoms with van der Waals surface area (Å²) in [4.78, 5) is 29.1. The van der Waals surface area contributed by atoms with E-state index in [1.807, 2.05) is 68.4 Å². The van der Waals surface area contributed by atoms with Gasteiger partial charge in [0, 0.05) is 25.4 Å². The number of benzene rings is 3. The number of methoxy groups -OCH3 is 1. The lowest BCUT2D eigenvalue weighted by molar-refractivity contribution is -0.141. The van der Waals surface area contributed by atoms with Crippen molar-refractivity contribution in [2.45, 2.75) is 71.5 Å². The second-order valence-corrected chi connectivity index (χ2v) is 9.57. The smallest absolute Gasteiger partial charge is 0.243 e. The molecule has 196 valence electrons. The van der Waals surface area contributed by atoms with Gasteiger partial charge in [0.2, 0.25) is 11.8 Å². The van der Waals surface area contributed by atoms with E-state index in [1.165, 1.54) is 5.56 Å². The van der Waals surface area contributed by atoms with Crippen molar-refractivity contribution < 1.29 is 14.3 Å². The summed E-state index contributed by atoms with van der Waals surface area (Å²) in [7, 11) is 1.63. The molecule has 0 saturated heterocycles. The Labute approximate surface area is 221 Å². The van der Waals surface area contributed by atoms with E-state index in [0.29, 0.717) is 25.8 Å². The van der Waals surface area contributed by atoms with Crippen LogP contribution in [-0.2, 0) is 35.4 Å². The molecule has 2 amide bonds. The maximum absolute atomic E-state index is 13.8. The molecular formula is C32H40N2O3. The summed E-state index contributed by atoms with van der Waals surface area (Å²) < 4.78 is 5.41. The Morgan fingerprint density at radius 1 is 0.865 bits per heavy atom. The van der Waals surface area contributed by atoms with E-state index in [-0.39, 0.29) is 17.9 Å². The highest BCUT2D eigenvalue weighted by molar-refractivity contribution is 5.88. The Hall–Kier alpha value is -3.60. The highest BCUT2D eigenvalue weighted by atomic mass is 16.5. The molecule has 5 heteroatoms. The van der Waals surface area contributed by atoms with Gasteiger partial charge in [-0.05, 0) is 60.6 Å². The molecule has 5 nitrogen and oxygen atoms in total. The third kappa shape index (κ3) is 8.49. The standard InChI is InChI=1S/C32H40N2O3/c1-5-24(3)33-32(36)30(22-27-11-8-7-9-12-27)34(23-28-13-10-14-29(21-28)37-4)31(35)20-19-26-17-15-25(6-2)16-18-26/h7-18,21,24,30H,5-6,19-20,22-23H2,1-4H3,(H,33,36)/t24-,30-/m0/s1. The van der Waals surface area contributed by atoms with Crippen molar-refractivity contribution in [3.63, 3.8) is 0 Å². The Kier molecular flexibility index (Phi) is 10.8. The normalized spacial score (nSPS) is 12.4. The lowest BCUT2D eigenvalue weighted by Gasteiger charge is -2.32. The number of aryl methyl sites for hydroxylation is 2. The van der Waals surface area contributed by atoms with Crippen LogP contribution in [-0.4, -0.2) is 35.9 Å². The predicted octanol–water partition coefficient (Wildman–Crippen LogP) is 5.75. The molecule has 0 radical (unpaired) electrons. The Morgan fingerprint density at radius 2 is 1.54 bits per heavy atom. The van der Waals surface area contributed by atoms with Gasteiger partial charge in [0.05, 0.1) is 7.11 Å². The molecule has 3 aromatic carbocycles. The second kappa shape index (κ2) is 14.2. The van der Waals surface area contributed by atoms with Crippen LogP contribution in [0.2, 0.25) is 0 Å². The summed E-state index contributed by atoms with van der Waals surface area (Å²) in [5.74, 6) is 0.564. The molecule has 3 rings (SSSR count). The summed E-state index contributed by atoms with van der Waals surface area (Å²) in [5.41, 5.74) is 4.34. The zero-order valence-electron chi connectivity index (χ0n) is 22.6. The van der Waals surface area contributed by atoms with Crippen molar-refractivity contribution in [1.29, 1.82) is 0 Å². The maximum Gasteiger partial charge on any atom is 0.243 e. The van der Waals surface area contributed by atoms with Crippen LogP contribution in [0.15, 0.2) is 78.9 Å². The molecule has 0 bridgehead atoms. The first-order valence-electron chi connectivity index (χ1n) is 13.3. The first-order chi connectivity index (χ1) is 17.9. The van der Waals surface area contributed by atoms with Crippen LogP contribution >= 0.6 is 0 Å². The lowest BCUT2D eigenvalue weighted by atomic mass is 10.0. The molecule has 37 heavy (non-hydrogen) atoms. The van der Waals surface area contributed by atoms with Crippen LogP contribution in [0, 0.1) is 0 Å². The van der Waals surface area contributed by atoms with Crippen molar-refractivity contribution in [3.05, 3.63) is 101 Å². The summed E-state index contributed by atoms with van der Waals surface area (Å²) >= 11 is 0. The average Bonchev–Trinajstić information content (AvgIpc) is 2.94. The predicted molar refractivity (Wildman–Crippen MR) is 150 cm³/mol. The van der Waals surface area contributed by atoms with Gasteiger partial charge in [-0.15, -0.1) is 0 Å². The van der Waals surface area contributed by atoms with Crippen molar-refractivity contribution in [2.24, 2.45) is 0 Å². The first-order valence-corrected chi connectivity index (χ1v) is 13.3. The van der Waals surface area contributed by atoms with Gasteiger partial charge < -0.3 is 15.0 Å². The van der Waals surface area contributed by atoms with Gasteiger partial charge in [0.25, 0.3) is 0 Å². The molecule has 2 atom stereocenters. The summed E-state index contributed by atoms with van der Waals surface area (Å²) in [6.07, 6.45) is 3.21. The van der Waals surface area contributed by atoms with Gasteiger partial charge >= 0.3 is 0 Å². The maximum atomic E-state index is 13.8. The molecule has 0 fully saturated rings. The van der Waals surface area contributed by atoms with Gasteiger partial charge in [0.15, 0.2) is 0 Å². The van der Waals surface area contributed by atoms with Gasteiger partial charge in [-0.25, -0.2) is 0 Å². The topological polar surface area (TPSA) is 58.6 Å². The molecule has 0 aliphatic heterocycles. The van der Waals surface area contributed by atoms with Crippen molar-refractivity contribution >= 4 is 11.8 Å². The molecular weight excluding hydrogens is 460 g/mol. The molecule has 0 aliphatic rings. The highest BCUT2D eigenvalue weighted by Crippen LogP contribution is 2.20. The minimum absolute atomic E-state index is 0.0247. The number of hydrogen-bond acceptors (Lipinski definition) is 3. The summed E-state index contributed by atoms with van der Waals surface area (Å²) in [6.45, 7) is 6.49. The molecule has 0 aliphatic carbocycles. The number of carbonyl (C=O) groups is 2. The molecule has 0 aromatic heterocycles. The molecule has 0 unspecified atom stereocenters. The fraction of sp³-hybridized carbons (Fsp3) is 0.375. The molecule has 0 saturated carbocycles. The number of ether oxygens (including phenoxy) is 1. The van der Waals surface area contributed by atoms with E-state index in [4.69, 9.17) is 4.74 Å². The fourth-order valence-corrected chi connectivity index (χ4v) is 4.30. The van der Waals surface area contributed by atoms with Crippen LogP contribution < -0.4 is 10.1 Å². The third-order valence-corrected chi connectivity index (χ3v) is 6.82. The van der Waals surface area contributed by atoms with Crippen LogP contribution in [0.3, 0.4) is 0 Å². The SMILES string of the molecule is CCc1ccc(CCC(=O)N(Cc2cccc(OC)c2)[C@@H](Cc2ccccc2)C(=O)N[C@@H](C)CC)cc1. The van der Waals surface area contributed by atoms with Gasteiger partial charge in [-0.1, -0.05) is 80.6 Å². The lowest BCUT2D eigenvalue weighted by Crippen LogP contribution is -2.52. The molecule has 3 aromatic rings. The number of rotatable bonds is 13. The van der Waals surface area contributed by atoms with E-state index in [9.17, 15) is 9.59 Å². The molecule has 0 spiro atoms. The first kappa shape index (κ1) is 28.0. The largest absolute Gasteiger partial charge is 0.497 e. The Morgan fingerprint density at radius 3 is 2.19 bits per heavy atom. The van der Waals surface area contributed by atoms with E-state index in [2.05, 4.69) is 36.5 Å². The molecule has 0 heterocycles. The van der Waals surface area contributed by atoms with Crippen LogP contribution in [0.5, 0.6) is 5.75 Å². The number of amides is 2. The summed E-state index contributed by atoms with van der Waals surface area (Å²) in [6, 6.07) is 25.4. The zero-order chi connectivity index (χ0) is 26.6. The van der Waals surface area contributed by atoms with Crippen molar-refractivity contribution in [1.82, 2.24) is 10.2 Å². The van der Waals surface area contributed by atoms with Gasteiger partial charge in [0.1, 0.15) is 11.8 Å². The average molecular weight is 501 g/mol. The van der Waals surface area contributed by atoms with E-state index >= 15 is 0 Å². The second-order valence-electron chi connectivity index (χ2n) is 9.57. The van der Waals surface area contributed by atoms with Gasteiger partial charge in [-0.3, -0.25) is 9.59 Å². The highest BCUT2D eigenvalue weighted by Gasteiger charge is 2.30. The third-order valence-electron chi connectivity index (χ3n) is 6.82.